The quantitative estimate of drug-likeness (QED) is 0.0204. The number of rotatable bonds is 55. The van der Waals surface area contributed by atoms with E-state index in [9.17, 15) is 45.6 Å². The zero-order chi connectivity index (χ0) is 61.6. The summed E-state index contributed by atoms with van der Waals surface area (Å²) in [6.07, 6.45) is 59.2. The number of unbranched alkanes of at least 4 members (excludes halogenated alkanes) is 30. The number of carbonyl (C=O) groups is 1. The standard InChI is InChI=1S/C71H125NO13/c1-3-5-7-9-11-13-15-17-19-21-22-23-24-25-26-27-28-29-30-31-32-33-34-35-36-37-38-39-41-43-45-47-49-51-53-55-63(76)72-59(60(75)54-52-50-48-46-44-42-40-20-18-16-14-12-10-8-6-4-2)58-82-70-68(81)66(79)69(62(57-74)84-70)85-71-67(80)65(78)64(77)61(56-73)83-71/h5,7,11,13,17,19,22-23,25-26,28-29,52,54,59-62,64-71,73-75,77-81H,3-4,6,8-10,12,14-16,18,20-21,24,27,30-51,53,55-58H2,1-2H3,(H,72,76)/b7-5-,13-11-,19-17-,23-22-,26-25-,29-28-,54-52+. The third-order valence-corrected chi connectivity index (χ3v) is 16.3. The SMILES string of the molecule is CC/C=C\C/C=C\C/C=C\C/C=C\C/C=C\C/C=C\CCCCCCCCCCCCCCCCCCC(=O)NC(COC1OC(CO)C(OC2OC(CO)C(O)C(O)C2O)C(O)C1O)C(O)/C=C/CCCCCCCCCCCCCCCC. The van der Waals surface area contributed by atoms with Gasteiger partial charge in [-0.25, -0.2) is 0 Å². The van der Waals surface area contributed by atoms with Crippen molar-refractivity contribution in [1.29, 1.82) is 0 Å². The van der Waals surface area contributed by atoms with Gasteiger partial charge in [0.25, 0.3) is 0 Å². The minimum Gasteiger partial charge on any atom is -0.394 e. The molecule has 0 aliphatic carbocycles. The second-order valence-corrected chi connectivity index (χ2v) is 23.9. The molecule has 0 aromatic carbocycles. The van der Waals surface area contributed by atoms with Crippen molar-refractivity contribution in [1.82, 2.24) is 5.32 Å². The van der Waals surface area contributed by atoms with Gasteiger partial charge in [-0.2, -0.15) is 0 Å². The van der Waals surface area contributed by atoms with Crippen LogP contribution in [0.2, 0.25) is 0 Å². The zero-order valence-electron chi connectivity index (χ0n) is 53.3. The molecule has 12 atom stereocenters. The Labute approximate surface area is 516 Å². The fourth-order valence-electron chi connectivity index (χ4n) is 10.9. The first-order valence-electron chi connectivity index (χ1n) is 34.3. The first kappa shape index (κ1) is 78.3. The Hall–Kier alpha value is -2.83. The first-order valence-corrected chi connectivity index (χ1v) is 34.3. The summed E-state index contributed by atoms with van der Waals surface area (Å²) < 4.78 is 22.8. The third-order valence-electron chi connectivity index (χ3n) is 16.3. The molecule has 0 aromatic heterocycles. The Morgan fingerprint density at radius 2 is 0.812 bits per heavy atom. The highest BCUT2D eigenvalue weighted by Crippen LogP contribution is 2.30. The van der Waals surface area contributed by atoms with Crippen LogP contribution in [-0.2, 0) is 23.7 Å². The van der Waals surface area contributed by atoms with Gasteiger partial charge >= 0.3 is 0 Å². The monoisotopic (exact) mass is 1200 g/mol. The molecule has 2 aliphatic heterocycles. The maximum absolute atomic E-state index is 13.3. The van der Waals surface area contributed by atoms with E-state index in [1.165, 1.54) is 161 Å². The molecule has 2 heterocycles. The summed E-state index contributed by atoms with van der Waals surface area (Å²) in [7, 11) is 0. The van der Waals surface area contributed by atoms with Crippen LogP contribution >= 0.6 is 0 Å². The van der Waals surface area contributed by atoms with Crippen molar-refractivity contribution in [3.63, 3.8) is 0 Å². The van der Waals surface area contributed by atoms with E-state index in [4.69, 9.17) is 18.9 Å². The second-order valence-electron chi connectivity index (χ2n) is 23.9. The van der Waals surface area contributed by atoms with Crippen LogP contribution in [0.5, 0.6) is 0 Å². The number of nitrogens with one attached hydrogen (secondary N) is 1. The molecule has 2 rings (SSSR count). The molecule has 0 aromatic rings. The van der Waals surface area contributed by atoms with Crippen LogP contribution in [0.15, 0.2) is 85.1 Å². The van der Waals surface area contributed by atoms with Crippen molar-refractivity contribution >= 4 is 5.91 Å². The highest BCUT2D eigenvalue weighted by Gasteiger charge is 2.51. The topological polar surface area (TPSA) is 228 Å². The van der Waals surface area contributed by atoms with Crippen molar-refractivity contribution < 1.29 is 64.6 Å². The van der Waals surface area contributed by atoms with Gasteiger partial charge < -0.3 is 65.1 Å². The number of hydrogen-bond acceptors (Lipinski definition) is 13. The molecule has 2 fully saturated rings. The minimum atomic E-state index is -1.79. The van der Waals surface area contributed by atoms with Crippen molar-refractivity contribution in [3.8, 4) is 0 Å². The van der Waals surface area contributed by atoms with Crippen LogP contribution in [-0.4, -0.2) is 140 Å². The summed E-state index contributed by atoms with van der Waals surface area (Å²) in [5.74, 6) is -0.240. The van der Waals surface area contributed by atoms with Gasteiger partial charge in [0.05, 0.1) is 32.0 Å². The summed E-state index contributed by atoms with van der Waals surface area (Å²) in [6.45, 7) is 2.70. The lowest BCUT2D eigenvalue weighted by Crippen LogP contribution is -2.65. The molecule has 9 N–H and O–H groups in total. The van der Waals surface area contributed by atoms with Crippen molar-refractivity contribution in [2.24, 2.45) is 0 Å². The molecule has 0 radical (unpaired) electrons. The Morgan fingerprint density at radius 1 is 0.435 bits per heavy atom. The van der Waals surface area contributed by atoms with Crippen molar-refractivity contribution in [3.05, 3.63) is 85.1 Å². The summed E-state index contributed by atoms with van der Waals surface area (Å²) in [4.78, 5) is 13.3. The highest BCUT2D eigenvalue weighted by molar-refractivity contribution is 5.76. The van der Waals surface area contributed by atoms with Gasteiger partial charge in [-0.15, -0.1) is 0 Å². The summed E-state index contributed by atoms with van der Waals surface area (Å²) >= 11 is 0. The number of ether oxygens (including phenoxy) is 4. The number of allylic oxidation sites excluding steroid dienone is 13. The lowest BCUT2D eigenvalue weighted by molar-refractivity contribution is -0.359. The summed E-state index contributed by atoms with van der Waals surface area (Å²) in [5, 5.41) is 87.3. The molecule has 492 valence electrons. The van der Waals surface area contributed by atoms with Crippen LogP contribution in [0.4, 0.5) is 0 Å². The molecule has 1 amide bonds. The molecule has 0 spiro atoms. The molecule has 12 unspecified atom stereocenters. The Morgan fingerprint density at radius 3 is 1.25 bits per heavy atom. The molecule has 2 saturated heterocycles. The van der Waals surface area contributed by atoms with Crippen LogP contribution < -0.4 is 5.32 Å². The first-order chi connectivity index (χ1) is 41.6. The van der Waals surface area contributed by atoms with E-state index in [0.29, 0.717) is 6.42 Å². The molecular weight excluding hydrogens is 1070 g/mol. The van der Waals surface area contributed by atoms with Gasteiger partial charge in [0.15, 0.2) is 12.6 Å². The molecule has 2 aliphatic rings. The maximum atomic E-state index is 13.3. The average Bonchev–Trinajstić information content (AvgIpc) is 3.70. The van der Waals surface area contributed by atoms with E-state index in [1.54, 1.807) is 6.08 Å². The molecule has 0 saturated carbocycles. The Bertz CT molecular complexity index is 1750. The number of carbonyl (C=O) groups excluding carboxylic acids is 1. The van der Waals surface area contributed by atoms with E-state index >= 15 is 0 Å². The minimum absolute atomic E-state index is 0.240. The van der Waals surface area contributed by atoms with Crippen LogP contribution in [0, 0.1) is 0 Å². The largest absolute Gasteiger partial charge is 0.394 e. The number of amides is 1. The van der Waals surface area contributed by atoms with E-state index in [0.717, 1.165) is 77.0 Å². The molecule has 0 bridgehead atoms. The van der Waals surface area contributed by atoms with E-state index in [2.05, 4.69) is 92.1 Å². The van der Waals surface area contributed by atoms with Gasteiger partial charge in [0.2, 0.25) is 5.91 Å². The van der Waals surface area contributed by atoms with Gasteiger partial charge in [0, 0.05) is 6.42 Å². The van der Waals surface area contributed by atoms with Crippen LogP contribution in [0.3, 0.4) is 0 Å². The highest BCUT2D eigenvalue weighted by atomic mass is 16.7. The maximum Gasteiger partial charge on any atom is 0.220 e. The lowest BCUT2D eigenvalue weighted by Gasteiger charge is -2.46. The number of aliphatic hydroxyl groups is 8. The lowest BCUT2D eigenvalue weighted by atomic mass is 9.97. The van der Waals surface area contributed by atoms with Gasteiger partial charge in [0.1, 0.15) is 48.8 Å². The van der Waals surface area contributed by atoms with E-state index < -0.39 is 86.8 Å². The molecule has 85 heavy (non-hydrogen) atoms. The predicted octanol–water partition coefficient (Wildman–Crippen LogP) is 13.6. The van der Waals surface area contributed by atoms with Crippen molar-refractivity contribution in [2.45, 2.75) is 338 Å². The van der Waals surface area contributed by atoms with E-state index in [1.807, 2.05) is 6.08 Å². The van der Waals surface area contributed by atoms with Gasteiger partial charge in [-0.1, -0.05) is 272 Å². The van der Waals surface area contributed by atoms with Crippen molar-refractivity contribution in [2.75, 3.05) is 19.8 Å². The third kappa shape index (κ3) is 39.7. The number of hydrogen-bond donors (Lipinski definition) is 9. The fraction of sp³-hybridized carbons (Fsp3) is 0.789. The summed E-state index contributed by atoms with van der Waals surface area (Å²) in [6, 6.07) is -0.918. The molecule has 14 nitrogen and oxygen atoms in total. The van der Waals surface area contributed by atoms with E-state index in [-0.39, 0.29) is 18.9 Å². The zero-order valence-corrected chi connectivity index (χ0v) is 53.3. The second kappa shape index (κ2) is 55.3. The fourth-order valence-corrected chi connectivity index (χ4v) is 10.9. The smallest absolute Gasteiger partial charge is 0.220 e. The Balaban J connectivity index is 1.63. The summed E-state index contributed by atoms with van der Waals surface area (Å²) in [5.41, 5.74) is 0. The molecular formula is C71H125NO13. The molecule has 14 heteroatoms. The van der Waals surface area contributed by atoms with Gasteiger partial charge in [-0.3, -0.25) is 4.79 Å². The predicted molar refractivity (Wildman–Crippen MR) is 346 cm³/mol. The average molecular weight is 1200 g/mol. The van der Waals surface area contributed by atoms with Gasteiger partial charge in [-0.05, 0) is 70.6 Å². The normalized spacial score (nSPS) is 24.1. The Kier molecular flexibility index (Phi) is 50.9. The number of aliphatic hydroxyl groups excluding tert-OH is 8. The van der Waals surface area contributed by atoms with Crippen LogP contribution in [0.1, 0.15) is 264 Å². The van der Waals surface area contributed by atoms with Crippen LogP contribution in [0.25, 0.3) is 0 Å².